The summed E-state index contributed by atoms with van der Waals surface area (Å²) in [5.41, 5.74) is 2.74. The van der Waals surface area contributed by atoms with E-state index in [9.17, 15) is 14.4 Å². The van der Waals surface area contributed by atoms with E-state index in [1.807, 2.05) is 0 Å². The van der Waals surface area contributed by atoms with E-state index in [0.717, 1.165) is 12.8 Å². The first-order valence-corrected chi connectivity index (χ1v) is 13.5. The van der Waals surface area contributed by atoms with Crippen LogP contribution < -0.4 is 10.6 Å². The van der Waals surface area contributed by atoms with Crippen LogP contribution >= 0.6 is 0 Å². The number of aliphatic carboxylic acids is 1. The molecular weight excluding hydrogens is 466 g/mol. The van der Waals surface area contributed by atoms with E-state index in [-0.39, 0.29) is 18.4 Å². The maximum atomic E-state index is 12.4. The maximum absolute atomic E-state index is 12.4. The second-order valence-electron chi connectivity index (χ2n) is 10.1. The monoisotopic (exact) mass is 507 g/mol. The van der Waals surface area contributed by atoms with Crippen LogP contribution in [0.15, 0.2) is 60.7 Å². The Morgan fingerprint density at radius 2 is 1.49 bits per heavy atom. The van der Waals surface area contributed by atoms with Gasteiger partial charge >= 0.3 is 5.97 Å². The molecule has 1 unspecified atom stereocenters. The lowest BCUT2D eigenvalue weighted by atomic mass is 9.89. The average molecular weight is 508 g/mol. The van der Waals surface area contributed by atoms with E-state index in [1.54, 1.807) is 4.90 Å². The van der Waals surface area contributed by atoms with Gasteiger partial charge in [0.05, 0.1) is 6.54 Å². The zero-order valence-corrected chi connectivity index (χ0v) is 21.9. The number of hydrogen-bond donors (Lipinski definition) is 3. The van der Waals surface area contributed by atoms with E-state index in [4.69, 9.17) is 5.11 Å². The van der Waals surface area contributed by atoms with Crippen LogP contribution in [0.4, 0.5) is 0 Å². The summed E-state index contributed by atoms with van der Waals surface area (Å²) < 4.78 is 0. The molecule has 2 aliphatic rings. The van der Waals surface area contributed by atoms with Crippen LogP contribution in [0.1, 0.15) is 63.0 Å². The van der Waals surface area contributed by atoms with Crippen LogP contribution in [0.25, 0.3) is 0 Å². The van der Waals surface area contributed by atoms with Gasteiger partial charge in [-0.3, -0.25) is 19.7 Å². The molecule has 1 aliphatic heterocycles. The third-order valence-electron chi connectivity index (χ3n) is 7.19. The van der Waals surface area contributed by atoms with Crippen molar-refractivity contribution in [1.29, 1.82) is 0 Å². The van der Waals surface area contributed by atoms with Crippen molar-refractivity contribution in [2.75, 3.05) is 19.6 Å². The number of benzene rings is 2. The normalized spacial score (nSPS) is 18.4. The van der Waals surface area contributed by atoms with Crippen molar-refractivity contribution in [2.45, 2.75) is 70.4 Å². The van der Waals surface area contributed by atoms with Gasteiger partial charge in [0, 0.05) is 13.1 Å². The van der Waals surface area contributed by atoms with Crippen molar-refractivity contribution >= 4 is 17.8 Å². The van der Waals surface area contributed by atoms with E-state index in [2.05, 4.69) is 71.3 Å². The predicted molar refractivity (Wildman–Crippen MR) is 145 cm³/mol. The number of carbonyl (C=O) groups excluding carboxylic acids is 2. The lowest BCUT2D eigenvalue weighted by Gasteiger charge is -2.26. The highest BCUT2D eigenvalue weighted by Gasteiger charge is 2.34. The van der Waals surface area contributed by atoms with Gasteiger partial charge < -0.3 is 15.3 Å². The summed E-state index contributed by atoms with van der Waals surface area (Å²) >= 11 is 0. The van der Waals surface area contributed by atoms with Gasteiger partial charge in [0.15, 0.2) is 0 Å². The van der Waals surface area contributed by atoms with Gasteiger partial charge in [-0.05, 0) is 56.1 Å². The molecule has 7 heteroatoms. The lowest BCUT2D eigenvalue weighted by Crippen LogP contribution is -2.50. The summed E-state index contributed by atoms with van der Waals surface area (Å²) in [5.74, 6) is -0.714. The molecule has 1 heterocycles. The molecule has 200 valence electrons. The average Bonchev–Trinajstić information content (AvgIpc) is 3.43. The van der Waals surface area contributed by atoms with Gasteiger partial charge in [-0.1, -0.05) is 79.9 Å². The fourth-order valence-electron chi connectivity index (χ4n) is 4.95. The van der Waals surface area contributed by atoms with Crippen molar-refractivity contribution < 1.29 is 19.5 Å². The SMILES string of the molecule is C[C@@H](NCC(=O)N1CCCC1C(=O)NCC1CCCCC1)C(=O)O.c1ccc(Cc2ccccc2)cc1. The Bertz CT molecular complexity index is 939. The summed E-state index contributed by atoms with van der Waals surface area (Å²) in [6, 6.07) is 19.9. The molecule has 0 bridgehead atoms. The van der Waals surface area contributed by atoms with Crippen LogP contribution in [0.5, 0.6) is 0 Å². The molecule has 1 saturated carbocycles. The first kappa shape index (κ1) is 28.4. The van der Waals surface area contributed by atoms with Crippen LogP contribution in [0.2, 0.25) is 0 Å². The molecule has 2 aromatic rings. The van der Waals surface area contributed by atoms with Gasteiger partial charge in [0.2, 0.25) is 11.8 Å². The Hall–Kier alpha value is -3.19. The quantitative estimate of drug-likeness (QED) is 0.476. The molecule has 0 aromatic heterocycles. The molecular formula is C30H41N3O4. The fraction of sp³-hybridized carbons (Fsp3) is 0.500. The van der Waals surface area contributed by atoms with Crippen molar-refractivity contribution in [3.63, 3.8) is 0 Å². The molecule has 2 aromatic carbocycles. The highest BCUT2D eigenvalue weighted by atomic mass is 16.4. The van der Waals surface area contributed by atoms with E-state index in [1.165, 1.54) is 50.2 Å². The first-order valence-electron chi connectivity index (χ1n) is 13.5. The van der Waals surface area contributed by atoms with E-state index in [0.29, 0.717) is 25.4 Å². The van der Waals surface area contributed by atoms with Gasteiger partial charge in [0.25, 0.3) is 0 Å². The Kier molecular flexibility index (Phi) is 11.6. The Balaban J connectivity index is 0.000000244. The molecule has 1 aliphatic carbocycles. The topological polar surface area (TPSA) is 98.7 Å². The molecule has 3 N–H and O–H groups in total. The second kappa shape index (κ2) is 15.2. The Morgan fingerprint density at radius 3 is 2.05 bits per heavy atom. The van der Waals surface area contributed by atoms with Crippen LogP contribution in [0, 0.1) is 5.92 Å². The zero-order valence-electron chi connectivity index (χ0n) is 21.9. The molecule has 4 rings (SSSR count). The molecule has 0 spiro atoms. The number of nitrogens with zero attached hydrogens (tertiary/aromatic N) is 1. The molecule has 2 fully saturated rings. The van der Waals surface area contributed by atoms with Gasteiger partial charge in [0.1, 0.15) is 12.1 Å². The van der Waals surface area contributed by atoms with Crippen molar-refractivity contribution in [1.82, 2.24) is 15.5 Å². The number of nitrogens with one attached hydrogen (secondary N) is 2. The van der Waals surface area contributed by atoms with Crippen LogP contribution in [-0.2, 0) is 20.8 Å². The number of likely N-dealkylation sites (tertiary alicyclic amines) is 1. The number of carboxylic acid groups (broad SMARTS) is 1. The first-order chi connectivity index (χ1) is 17.9. The number of rotatable bonds is 9. The Morgan fingerprint density at radius 1 is 0.892 bits per heavy atom. The summed E-state index contributed by atoms with van der Waals surface area (Å²) in [6.07, 6.45) is 8.62. The van der Waals surface area contributed by atoms with Crippen molar-refractivity contribution in [2.24, 2.45) is 5.92 Å². The molecule has 37 heavy (non-hydrogen) atoms. The van der Waals surface area contributed by atoms with Crippen molar-refractivity contribution in [3.8, 4) is 0 Å². The summed E-state index contributed by atoms with van der Waals surface area (Å²) in [5, 5.41) is 14.5. The van der Waals surface area contributed by atoms with E-state index >= 15 is 0 Å². The number of carbonyl (C=O) groups is 3. The van der Waals surface area contributed by atoms with Gasteiger partial charge in [-0.25, -0.2) is 0 Å². The largest absolute Gasteiger partial charge is 0.480 e. The minimum Gasteiger partial charge on any atom is -0.480 e. The number of hydrogen-bond acceptors (Lipinski definition) is 4. The highest BCUT2D eigenvalue weighted by molar-refractivity contribution is 5.89. The standard InChI is InChI=1S/C17H29N3O4.C13H12/c1-12(17(23)24)18-11-15(21)20-9-5-8-14(20)16(22)19-10-13-6-3-2-4-7-13;1-3-7-12(8-4-1)11-13-9-5-2-6-10-13/h12-14,18H,2-11H2,1H3,(H,19,22)(H,23,24);1-10H,11H2/t12-,14?;/m1./s1. The summed E-state index contributed by atoms with van der Waals surface area (Å²) in [4.78, 5) is 37.1. The third-order valence-corrected chi connectivity index (χ3v) is 7.19. The predicted octanol–water partition coefficient (Wildman–Crippen LogP) is 4.01. The minimum absolute atomic E-state index is 0.0557. The zero-order chi connectivity index (χ0) is 26.5. The number of amides is 2. The van der Waals surface area contributed by atoms with Crippen LogP contribution in [0.3, 0.4) is 0 Å². The molecule has 7 nitrogen and oxygen atoms in total. The summed E-state index contributed by atoms with van der Waals surface area (Å²) in [6.45, 7) is 2.70. The second-order valence-corrected chi connectivity index (χ2v) is 10.1. The highest BCUT2D eigenvalue weighted by Crippen LogP contribution is 2.23. The van der Waals surface area contributed by atoms with Gasteiger partial charge in [-0.2, -0.15) is 0 Å². The maximum Gasteiger partial charge on any atom is 0.320 e. The van der Waals surface area contributed by atoms with E-state index < -0.39 is 18.1 Å². The van der Waals surface area contributed by atoms with Crippen molar-refractivity contribution in [3.05, 3.63) is 71.8 Å². The minimum atomic E-state index is -0.994. The molecule has 2 amide bonds. The third kappa shape index (κ3) is 9.65. The molecule has 2 atom stereocenters. The Labute approximate surface area is 220 Å². The summed E-state index contributed by atoms with van der Waals surface area (Å²) in [7, 11) is 0. The molecule has 1 saturated heterocycles. The molecule has 0 radical (unpaired) electrons. The number of carboxylic acids is 1. The van der Waals surface area contributed by atoms with Crippen LogP contribution in [-0.4, -0.2) is 59.5 Å². The van der Waals surface area contributed by atoms with Gasteiger partial charge in [-0.15, -0.1) is 0 Å². The lowest BCUT2D eigenvalue weighted by molar-refractivity contribution is -0.140. The fourth-order valence-corrected chi connectivity index (χ4v) is 4.95. The smallest absolute Gasteiger partial charge is 0.320 e.